The van der Waals surface area contributed by atoms with E-state index in [9.17, 15) is 4.79 Å². The average molecular weight is 401 g/mol. The number of H-pyrrole nitrogens is 1. The zero-order chi connectivity index (χ0) is 20.5. The van der Waals surface area contributed by atoms with Crippen LogP contribution >= 0.6 is 0 Å². The van der Waals surface area contributed by atoms with Crippen LogP contribution in [0.2, 0.25) is 0 Å². The molecule has 0 saturated carbocycles. The van der Waals surface area contributed by atoms with E-state index in [1.807, 2.05) is 11.0 Å². The fourth-order valence-corrected chi connectivity index (χ4v) is 4.91. The molecule has 1 atom stereocenters. The summed E-state index contributed by atoms with van der Waals surface area (Å²) < 4.78 is 0. The van der Waals surface area contributed by atoms with Crippen LogP contribution in [0.4, 0.5) is 0 Å². The van der Waals surface area contributed by atoms with E-state index in [0.717, 1.165) is 61.3 Å². The number of aromatic amines is 1. The van der Waals surface area contributed by atoms with Gasteiger partial charge >= 0.3 is 0 Å². The molecule has 0 unspecified atom stereocenters. The lowest BCUT2D eigenvalue weighted by atomic mass is 9.91. The average Bonchev–Trinajstić information content (AvgIpc) is 3.23. The van der Waals surface area contributed by atoms with Gasteiger partial charge in [0.25, 0.3) is 5.91 Å². The van der Waals surface area contributed by atoms with Gasteiger partial charge in [0.05, 0.1) is 0 Å². The van der Waals surface area contributed by atoms with Crippen molar-refractivity contribution < 1.29 is 4.79 Å². The third-order valence-corrected chi connectivity index (χ3v) is 6.47. The lowest BCUT2D eigenvalue weighted by molar-refractivity contribution is 0.0698. The van der Waals surface area contributed by atoms with E-state index >= 15 is 0 Å². The van der Waals surface area contributed by atoms with Gasteiger partial charge in [-0.1, -0.05) is 30.3 Å². The summed E-state index contributed by atoms with van der Waals surface area (Å²) in [6, 6.07) is 14.8. The van der Waals surface area contributed by atoms with E-state index in [1.54, 1.807) is 0 Å². The predicted octanol–water partition coefficient (Wildman–Crippen LogP) is 4.68. The number of nitrogens with zero attached hydrogens (tertiary/aromatic N) is 3. The molecule has 1 saturated heterocycles. The standard InChI is InChI=1S/C25H28N4O/c1-17-14-20(18-8-3-2-4-9-18)15-23(26-17)19-10-7-13-29(16-19)25(30)24-21-11-5-6-12-22(21)27-28-24/h2-4,8-9,14-15,19H,5-7,10-13,16H2,1H3,(H,27,28)/t19-/m1/s1. The van der Waals surface area contributed by atoms with Crippen LogP contribution < -0.4 is 0 Å². The monoisotopic (exact) mass is 400 g/mol. The number of carbonyl (C=O) groups excluding carboxylic acids is 1. The molecule has 2 aromatic heterocycles. The summed E-state index contributed by atoms with van der Waals surface area (Å²) >= 11 is 0. The normalized spacial score (nSPS) is 18.8. The molecule has 0 bridgehead atoms. The third kappa shape index (κ3) is 3.64. The Bertz CT molecular complexity index is 1060. The molecule has 5 rings (SSSR count). The molecule has 1 aliphatic heterocycles. The number of nitrogens with one attached hydrogen (secondary N) is 1. The van der Waals surface area contributed by atoms with E-state index in [-0.39, 0.29) is 11.8 Å². The molecule has 1 fully saturated rings. The minimum Gasteiger partial charge on any atom is -0.337 e. The molecule has 1 aliphatic carbocycles. The Labute approximate surface area is 177 Å². The lowest BCUT2D eigenvalue weighted by Crippen LogP contribution is -2.40. The van der Waals surface area contributed by atoms with Gasteiger partial charge in [-0.25, -0.2) is 0 Å². The zero-order valence-corrected chi connectivity index (χ0v) is 17.5. The molecule has 3 heterocycles. The number of aryl methyl sites for hydroxylation is 2. The van der Waals surface area contributed by atoms with Crippen molar-refractivity contribution in [1.82, 2.24) is 20.1 Å². The van der Waals surface area contributed by atoms with E-state index in [2.05, 4.69) is 53.5 Å². The Morgan fingerprint density at radius 2 is 1.90 bits per heavy atom. The van der Waals surface area contributed by atoms with Crippen molar-refractivity contribution in [2.45, 2.75) is 51.4 Å². The van der Waals surface area contributed by atoms with Crippen molar-refractivity contribution in [3.8, 4) is 11.1 Å². The maximum Gasteiger partial charge on any atom is 0.274 e. The fraction of sp³-hybridized carbons (Fsp3) is 0.400. The SMILES string of the molecule is Cc1cc(-c2ccccc2)cc([C@@H]2CCCN(C(=O)c3n[nH]c4c3CCCC4)C2)n1. The first kappa shape index (κ1) is 19.0. The molecule has 0 radical (unpaired) electrons. The van der Waals surface area contributed by atoms with Crippen molar-refractivity contribution in [1.29, 1.82) is 0 Å². The Morgan fingerprint density at radius 3 is 2.77 bits per heavy atom. The molecule has 1 N–H and O–H groups in total. The van der Waals surface area contributed by atoms with E-state index in [4.69, 9.17) is 4.98 Å². The second-order valence-corrected chi connectivity index (χ2v) is 8.61. The van der Waals surface area contributed by atoms with Gasteiger partial charge in [-0.3, -0.25) is 14.9 Å². The first-order valence-electron chi connectivity index (χ1n) is 11.1. The number of carbonyl (C=O) groups is 1. The highest BCUT2D eigenvalue weighted by atomic mass is 16.2. The molecule has 3 aromatic rings. The van der Waals surface area contributed by atoms with Gasteiger partial charge in [-0.15, -0.1) is 0 Å². The number of hydrogen-bond acceptors (Lipinski definition) is 3. The fourth-order valence-electron chi connectivity index (χ4n) is 4.91. The molecule has 1 amide bonds. The van der Waals surface area contributed by atoms with Gasteiger partial charge in [0.1, 0.15) is 0 Å². The molecular weight excluding hydrogens is 372 g/mol. The smallest absolute Gasteiger partial charge is 0.274 e. The minimum atomic E-state index is 0.0787. The first-order valence-corrected chi connectivity index (χ1v) is 11.1. The predicted molar refractivity (Wildman–Crippen MR) is 118 cm³/mol. The van der Waals surface area contributed by atoms with Crippen LogP contribution in [-0.4, -0.2) is 39.1 Å². The largest absolute Gasteiger partial charge is 0.337 e. The number of benzene rings is 1. The summed E-state index contributed by atoms with van der Waals surface area (Å²) in [7, 11) is 0. The van der Waals surface area contributed by atoms with E-state index in [1.165, 1.54) is 17.5 Å². The molecular formula is C25H28N4O. The summed E-state index contributed by atoms with van der Waals surface area (Å²) in [5, 5.41) is 7.52. The minimum absolute atomic E-state index is 0.0787. The molecule has 5 heteroatoms. The summed E-state index contributed by atoms with van der Waals surface area (Å²) in [6.45, 7) is 3.57. The van der Waals surface area contributed by atoms with Gasteiger partial charge < -0.3 is 4.90 Å². The highest BCUT2D eigenvalue weighted by Gasteiger charge is 2.30. The molecule has 1 aromatic carbocycles. The third-order valence-electron chi connectivity index (χ3n) is 6.47. The molecule has 30 heavy (non-hydrogen) atoms. The van der Waals surface area contributed by atoms with Gasteiger partial charge in [0.15, 0.2) is 5.69 Å². The zero-order valence-electron chi connectivity index (χ0n) is 17.5. The molecule has 0 spiro atoms. The number of rotatable bonds is 3. The molecule has 154 valence electrons. The number of hydrogen-bond donors (Lipinski definition) is 1. The van der Waals surface area contributed by atoms with Crippen molar-refractivity contribution in [3.63, 3.8) is 0 Å². The second kappa shape index (κ2) is 8.05. The number of fused-ring (bicyclic) bond motifs is 1. The summed E-state index contributed by atoms with van der Waals surface area (Å²) in [6.07, 6.45) is 6.35. The number of piperidine rings is 1. The second-order valence-electron chi connectivity index (χ2n) is 8.61. The van der Waals surface area contributed by atoms with Crippen molar-refractivity contribution >= 4 is 5.91 Å². The Kier molecular flexibility index (Phi) is 5.11. The van der Waals surface area contributed by atoms with Crippen LogP contribution in [0, 0.1) is 6.92 Å². The summed E-state index contributed by atoms with van der Waals surface area (Å²) in [5.41, 5.74) is 7.47. The van der Waals surface area contributed by atoms with Gasteiger partial charge in [0.2, 0.25) is 0 Å². The topological polar surface area (TPSA) is 61.9 Å². The highest BCUT2D eigenvalue weighted by molar-refractivity contribution is 5.94. The van der Waals surface area contributed by atoms with Gasteiger partial charge in [-0.05, 0) is 68.7 Å². The van der Waals surface area contributed by atoms with Crippen LogP contribution in [0.5, 0.6) is 0 Å². The van der Waals surface area contributed by atoms with Crippen LogP contribution in [0.1, 0.15) is 64.7 Å². The van der Waals surface area contributed by atoms with Crippen LogP contribution in [0.3, 0.4) is 0 Å². The number of likely N-dealkylation sites (tertiary alicyclic amines) is 1. The van der Waals surface area contributed by atoms with E-state index < -0.39 is 0 Å². The van der Waals surface area contributed by atoms with Gasteiger partial charge in [0, 0.05) is 41.7 Å². The van der Waals surface area contributed by atoms with Gasteiger partial charge in [-0.2, -0.15) is 5.10 Å². The number of amides is 1. The molecule has 5 nitrogen and oxygen atoms in total. The van der Waals surface area contributed by atoms with Crippen LogP contribution in [0.15, 0.2) is 42.5 Å². The number of pyridine rings is 1. The Hall–Kier alpha value is -2.95. The van der Waals surface area contributed by atoms with E-state index in [0.29, 0.717) is 12.2 Å². The van der Waals surface area contributed by atoms with Crippen LogP contribution in [0.25, 0.3) is 11.1 Å². The summed E-state index contributed by atoms with van der Waals surface area (Å²) in [4.78, 5) is 20.1. The summed E-state index contributed by atoms with van der Waals surface area (Å²) in [5.74, 6) is 0.342. The Morgan fingerprint density at radius 1 is 1.07 bits per heavy atom. The number of aromatic nitrogens is 3. The maximum atomic E-state index is 13.3. The van der Waals surface area contributed by atoms with Crippen molar-refractivity contribution in [2.24, 2.45) is 0 Å². The van der Waals surface area contributed by atoms with Crippen molar-refractivity contribution in [3.05, 3.63) is 70.8 Å². The highest BCUT2D eigenvalue weighted by Crippen LogP contribution is 2.31. The maximum absolute atomic E-state index is 13.3. The molecule has 2 aliphatic rings. The first-order chi connectivity index (χ1) is 14.7. The Balaban J connectivity index is 1.39. The van der Waals surface area contributed by atoms with Crippen molar-refractivity contribution in [2.75, 3.05) is 13.1 Å². The lowest BCUT2D eigenvalue weighted by Gasteiger charge is -2.32. The van der Waals surface area contributed by atoms with Crippen LogP contribution in [-0.2, 0) is 12.8 Å². The quantitative estimate of drug-likeness (QED) is 0.694.